The van der Waals surface area contributed by atoms with E-state index in [1.54, 1.807) is 12.3 Å². The summed E-state index contributed by atoms with van der Waals surface area (Å²) in [5.41, 5.74) is 0. The van der Waals surface area contributed by atoms with Crippen LogP contribution in [0.3, 0.4) is 0 Å². The number of anilines is 1. The molecule has 0 saturated carbocycles. The molecule has 9 heteroatoms. The number of hydrogen-bond acceptors (Lipinski definition) is 4. The second-order valence-electron chi connectivity index (χ2n) is 6.60. The Morgan fingerprint density at radius 1 is 1.32 bits per heavy atom. The van der Waals surface area contributed by atoms with Gasteiger partial charge in [-0.2, -0.15) is 17.4 Å². The maximum atomic E-state index is 14.0. The molecule has 2 aliphatic heterocycles. The van der Waals surface area contributed by atoms with Crippen molar-refractivity contribution in [3.63, 3.8) is 0 Å². The van der Waals surface area contributed by atoms with E-state index in [0.29, 0.717) is 32.0 Å². The molecule has 6 nitrogen and oxygen atoms in total. The fraction of sp³-hybridized carbons (Fsp3) is 0.688. The zero-order valence-electron chi connectivity index (χ0n) is 14.4. The second-order valence-corrected chi connectivity index (χ2v) is 8.30. The molecule has 0 aromatic carbocycles. The summed E-state index contributed by atoms with van der Waals surface area (Å²) in [6.45, 7) is 4.31. The Kier molecular flexibility index (Phi) is 7.01. The summed E-state index contributed by atoms with van der Waals surface area (Å²) in [5.74, 6) is 0.103. The molecule has 1 N–H and O–H groups in total. The first-order chi connectivity index (χ1) is 11.5. The number of nitrogens with zero attached hydrogens (tertiary/aromatic N) is 3. The molecule has 0 amide bonds. The van der Waals surface area contributed by atoms with Gasteiger partial charge in [0, 0.05) is 38.4 Å². The van der Waals surface area contributed by atoms with Crippen LogP contribution in [0.15, 0.2) is 18.3 Å². The Morgan fingerprint density at radius 3 is 2.68 bits per heavy atom. The van der Waals surface area contributed by atoms with Gasteiger partial charge in [0.05, 0.1) is 0 Å². The maximum Gasteiger partial charge on any atom is 0.279 e. The van der Waals surface area contributed by atoms with Gasteiger partial charge in [0.15, 0.2) is 11.6 Å². The van der Waals surface area contributed by atoms with Crippen LogP contribution in [0.2, 0.25) is 0 Å². The molecule has 25 heavy (non-hydrogen) atoms. The van der Waals surface area contributed by atoms with Crippen molar-refractivity contribution in [2.75, 3.05) is 31.1 Å². The lowest BCUT2D eigenvalue weighted by molar-refractivity contribution is 0.412. The highest BCUT2D eigenvalue weighted by molar-refractivity contribution is 7.87. The summed E-state index contributed by atoms with van der Waals surface area (Å²) in [5, 5.41) is 0. The van der Waals surface area contributed by atoms with Gasteiger partial charge < -0.3 is 4.90 Å². The molecule has 1 aromatic rings. The molecule has 0 bridgehead atoms. The number of nitrogens with one attached hydrogen (secondary N) is 1. The van der Waals surface area contributed by atoms with Crippen molar-refractivity contribution in [3.8, 4) is 0 Å². The van der Waals surface area contributed by atoms with Gasteiger partial charge in [-0.05, 0) is 37.3 Å². The van der Waals surface area contributed by atoms with E-state index in [2.05, 4.69) is 16.6 Å². The fourth-order valence-corrected chi connectivity index (χ4v) is 5.18. The molecule has 142 valence electrons. The smallest absolute Gasteiger partial charge is 0.279 e. The van der Waals surface area contributed by atoms with E-state index in [1.807, 2.05) is 4.90 Å². The van der Waals surface area contributed by atoms with Crippen molar-refractivity contribution in [3.05, 3.63) is 24.1 Å². The van der Waals surface area contributed by atoms with Gasteiger partial charge in [-0.25, -0.2) is 9.37 Å². The van der Waals surface area contributed by atoms with Crippen molar-refractivity contribution in [1.29, 1.82) is 0 Å². The van der Waals surface area contributed by atoms with Crippen LogP contribution in [0.25, 0.3) is 0 Å². The van der Waals surface area contributed by atoms with Gasteiger partial charge >= 0.3 is 0 Å². The summed E-state index contributed by atoms with van der Waals surface area (Å²) in [4.78, 5) is 5.98. The van der Waals surface area contributed by atoms with Crippen LogP contribution in [-0.2, 0) is 10.2 Å². The summed E-state index contributed by atoms with van der Waals surface area (Å²) in [6, 6.07) is 2.74. The second kappa shape index (κ2) is 8.62. The number of rotatable bonds is 6. The molecule has 2 atom stereocenters. The Bertz CT molecular complexity index is 670. The van der Waals surface area contributed by atoms with E-state index in [9.17, 15) is 12.8 Å². The normalized spacial score (nSPS) is 24.5. The van der Waals surface area contributed by atoms with Crippen molar-refractivity contribution < 1.29 is 12.8 Å². The van der Waals surface area contributed by atoms with Crippen molar-refractivity contribution >= 4 is 28.4 Å². The Balaban J connectivity index is 0.00000225. The summed E-state index contributed by atoms with van der Waals surface area (Å²) >= 11 is 0. The topological polar surface area (TPSA) is 65.5 Å². The van der Waals surface area contributed by atoms with Gasteiger partial charge in [0.25, 0.3) is 10.2 Å². The van der Waals surface area contributed by atoms with Crippen LogP contribution >= 0.6 is 12.4 Å². The highest BCUT2D eigenvalue weighted by atomic mass is 35.5. The average molecular weight is 393 g/mol. The minimum absolute atomic E-state index is 0. The molecule has 2 saturated heterocycles. The quantitative estimate of drug-likeness (QED) is 0.805. The third kappa shape index (κ3) is 4.61. The predicted octanol–water partition coefficient (Wildman–Crippen LogP) is 2.18. The molecule has 0 radical (unpaired) electrons. The lowest BCUT2D eigenvalue weighted by atomic mass is 9.99. The SMILES string of the molecule is CCC[C@H]1CN(c2ncccc2F)C[C@@H]1NS(=O)(=O)N1CCCC1.Cl. The number of halogens is 2. The highest BCUT2D eigenvalue weighted by Crippen LogP contribution is 2.28. The van der Waals surface area contributed by atoms with Gasteiger partial charge in [0.1, 0.15) is 0 Å². The van der Waals surface area contributed by atoms with Crippen molar-refractivity contribution in [2.45, 2.75) is 38.6 Å². The minimum Gasteiger partial charge on any atom is -0.352 e. The summed E-state index contributed by atoms with van der Waals surface area (Å²) in [7, 11) is -3.47. The van der Waals surface area contributed by atoms with Gasteiger partial charge in [-0.1, -0.05) is 13.3 Å². The lowest BCUT2D eigenvalue weighted by Crippen LogP contribution is -2.47. The first kappa shape index (κ1) is 20.4. The number of pyridine rings is 1. The first-order valence-corrected chi connectivity index (χ1v) is 10.1. The predicted molar refractivity (Wildman–Crippen MR) is 98.7 cm³/mol. The standard InChI is InChI=1S/C16H25FN4O2S.ClH/c1-2-6-13-11-20(16-14(17)7-5-8-18-16)12-15(13)19-24(22,23)21-9-3-4-10-21;/h5,7-8,13,15,19H,2-4,6,9-12H2,1H3;1H/t13-,15-;/m0./s1. The molecule has 3 rings (SSSR count). The van der Waals surface area contributed by atoms with E-state index < -0.39 is 10.2 Å². The Labute approximate surface area is 155 Å². The van der Waals surface area contributed by atoms with Gasteiger partial charge in [-0.3, -0.25) is 0 Å². The highest BCUT2D eigenvalue weighted by Gasteiger charge is 2.38. The lowest BCUT2D eigenvalue weighted by Gasteiger charge is -2.23. The third-order valence-corrected chi connectivity index (χ3v) is 6.49. The van der Waals surface area contributed by atoms with E-state index >= 15 is 0 Å². The zero-order chi connectivity index (χ0) is 17.2. The molecular weight excluding hydrogens is 367 g/mol. The van der Waals surface area contributed by atoms with Gasteiger partial charge in [0.2, 0.25) is 0 Å². The number of aromatic nitrogens is 1. The fourth-order valence-electron chi connectivity index (χ4n) is 3.65. The van der Waals surface area contributed by atoms with Gasteiger partial charge in [-0.15, -0.1) is 12.4 Å². The molecule has 2 aliphatic rings. The van der Waals surface area contributed by atoms with Crippen LogP contribution in [0.1, 0.15) is 32.6 Å². The molecule has 0 aliphatic carbocycles. The molecule has 0 unspecified atom stereocenters. The van der Waals surface area contributed by atoms with Crippen molar-refractivity contribution in [1.82, 2.24) is 14.0 Å². The van der Waals surface area contributed by atoms with Crippen LogP contribution in [0.5, 0.6) is 0 Å². The summed E-state index contributed by atoms with van der Waals surface area (Å²) in [6.07, 6.45) is 5.25. The molecule has 2 fully saturated rings. The van der Waals surface area contributed by atoms with Crippen LogP contribution in [-0.4, -0.2) is 49.9 Å². The minimum atomic E-state index is -3.47. The largest absolute Gasteiger partial charge is 0.352 e. The molecule has 1 aromatic heterocycles. The third-order valence-electron chi connectivity index (χ3n) is 4.84. The number of hydrogen-bond donors (Lipinski definition) is 1. The summed E-state index contributed by atoms with van der Waals surface area (Å²) < 4.78 is 43.5. The zero-order valence-corrected chi connectivity index (χ0v) is 16.0. The monoisotopic (exact) mass is 392 g/mol. The van der Waals surface area contributed by atoms with Crippen LogP contribution in [0.4, 0.5) is 10.2 Å². The molecule has 3 heterocycles. The molecular formula is C16H26ClFN4O2S. The molecule has 0 spiro atoms. The van der Waals surface area contributed by atoms with Crippen molar-refractivity contribution in [2.24, 2.45) is 5.92 Å². The maximum absolute atomic E-state index is 14.0. The first-order valence-electron chi connectivity index (χ1n) is 8.64. The van der Waals surface area contributed by atoms with E-state index in [0.717, 1.165) is 25.7 Å². The van der Waals surface area contributed by atoms with Crippen LogP contribution < -0.4 is 9.62 Å². The van der Waals surface area contributed by atoms with E-state index in [4.69, 9.17) is 0 Å². The van der Waals surface area contributed by atoms with Crippen LogP contribution in [0, 0.1) is 11.7 Å². The Morgan fingerprint density at radius 2 is 2.04 bits per heavy atom. The average Bonchev–Trinajstić information content (AvgIpc) is 3.19. The van der Waals surface area contributed by atoms with E-state index in [1.165, 1.54) is 10.4 Å². The Hall–Kier alpha value is -0.960. The van der Waals surface area contributed by atoms with E-state index in [-0.39, 0.29) is 30.2 Å².